The van der Waals surface area contributed by atoms with Crippen LogP contribution in [0.4, 0.5) is 0 Å². The van der Waals surface area contributed by atoms with Gasteiger partial charge in [-0.1, -0.05) is 151 Å². The number of ether oxygens (including phenoxy) is 3. The Hall–Kier alpha value is -3.15. The highest BCUT2D eigenvalue weighted by Crippen LogP contribution is 2.12. The van der Waals surface area contributed by atoms with E-state index >= 15 is 0 Å². The second-order valence-electron chi connectivity index (χ2n) is 14.2. The van der Waals surface area contributed by atoms with Crippen molar-refractivity contribution in [2.75, 3.05) is 13.2 Å². The van der Waals surface area contributed by atoms with Gasteiger partial charge >= 0.3 is 17.9 Å². The van der Waals surface area contributed by atoms with Crippen LogP contribution in [0, 0.1) is 0 Å². The van der Waals surface area contributed by atoms with Gasteiger partial charge in [0.25, 0.3) is 0 Å². The van der Waals surface area contributed by atoms with Crippen molar-refractivity contribution < 1.29 is 28.6 Å². The van der Waals surface area contributed by atoms with Gasteiger partial charge in [-0.15, -0.1) is 0 Å². The van der Waals surface area contributed by atoms with Crippen LogP contribution in [0.5, 0.6) is 0 Å². The zero-order valence-electron chi connectivity index (χ0n) is 35.0. The van der Waals surface area contributed by atoms with Crippen molar-refractivity contribution in [3.63, 3.8) is 0 Å². The van der Waals surface area contributed by atoms with Crippen LogP contribution in [-0.2, 0) is 28.6 Å². The molecule has 308 valence electrons. The van der Waals surface area contributed by atoms with E-state index in [1.54, 1.807) is 0 Å². The molecule has 0 saturated heterocycles. The van der Waals surface area contributed by atoms with Crippen LogP contribution in [0.2, 0.25) is 0 Å². The molecule has 0 aromatic rings. The minimum absolute atomic E-state index is 0.106. The second kappa shape index (κ2) is 42.6. The van der Waals surface area contributed by atoms with E-state index in [2.05, 4.69) is 93.7 Å². The highest BCUT2D eigenvalue weighted by molar-refractivity contribution is 5.71. The fourth-order valence-corrected chi connectivity index (χ4v) is 5.67. The lowest BCUT2D eigenvalue weighted by atomic mass is 10.1. The number of hydrogen-bond donors (Lipinski definition) is 0. The van der Waals surface area contributed by atoms with E-state index in [0.717, 1.165) is 109 Å². The maximum atomic E-state index is 12.7. The first-order valence-corrected chi connectivity index (χ1v) is 21.9. The number of carbonyl (C=O) groups is 3. The molecule has 0 bridgehead atoms. The Morgan fingerprint density at radius 3 is 1.24 bits per heavy atom. The van der Waals surface area contributed by atoms with Crippen molar-refractivity contribution in [3.05, 3.63) is 72.9 Å². The molecule has 0 aliphatic heterocycles. The van der Waals surface area contributed by atoms with Gasteiger partial charge in [-0.3, -0.25) is 14.4 Å². The van der Waals surface area contributed by atoms with Gasteiger partial charge in [0.2, 0.25) is 0 Å². The van der Waals surface area contributed by atoms with Gasteiger partial charge in [-0.25, -0.2) is 0 Å². The average Bonchev–Trinajstić information content (AvgIpc) is 3.17. The molecular formula is C48H80O6. The molecule has 0 aromatic heterocycles. The standard InChI is InChI=1S/C48H80O6/c1-4-7-10-13-16-19-22-24-27-29-32-35-38-41-47(50)53-44-45(43-52-46(49)40-37-34-31-28-25-21-18-15-12-9-6-3)54-48(51)42-39-36-33-30-26-23-20-17-14-11-8-5-2/h8-9,11-12,17-18,20-21,24,27-28,31,45H,4-7,10,13-16,19,22-23,25-26,29-30,32-44H2,1-3H3/b11-8-,12-9-,20-17-,21-18-,27-24-,31-28-. The molecule has 0 fully saturated rings. The zero-order valence-corrected chi connectivity index (χ0v) is 35.0. The molecule has 0 aliphatic carbocycles. The Labute approximate surface area is 332 Å². The molecule has 6 nitrogen and oxygen atoms in total. The third kappa shape index (κ3) is 40.0. The van der Waals surface area contributed by atoms with Crippen molar-refractivity contribution in [3.8, 4) is 0 Å². The summed E-state index contributed by atoms with van der Waals surface area (Å²) in [7, 11) is 0. The molecule has 0 amide bonds. The number of esters is 3. The average molecular weight is 753 g/mol. The fraction of sp³-hybridized carbons (Fsp3) is 0.688. The maximum absolute atomic E-state index is 12.7. The van der Waals surface area contributed by atoms with E-state index in [4.69, 9.17) is 14.2 Å². The van der Waals surface area contributed by atoms with Gasteiger partial charge in [0, 0.05) is 19.3 Å². The molecule has 0 rings (SSSR count). The molecule has 1 atom stereocenters. The molecular weight excluding hydrogens is 673 g/mol. The number of unbranched alkanes of at least 4 members (excludes halogenated alkanes) is 15. The van der Waals surface area contributed by atoms with Crippen molar-refractivity contribution in [1.82, 2.24) is 0 Å². The molecule has 0 aromatic carbocycles. The Morgan fingerprint density at radius 2 is 0.741 bits per heavy atom. The van der Waals surface area contributed by atoms with Crippen molar-refractivity contribution in [2.45, 2.75) is 200 Å². The summed E-state index contributed by atoms with van der Waals surface area (Å²) in [5, 5.41) is 0. The highest BCUT2D eigenvalue weighted by Gasteiger charge is 2.19. The number of carbonyl (C=O) groups excluding carboxylic acids is 3. The number of allylic oxidation sites excluding steroid dienone is 12. The Morgan fingerprint density at radius 1 is 0.389 bits per heavy atom. The minimum atomic E-state index is -0.806. The van der Waals surface area contributed by atoms with Crippen LogP contribution in [0.1, 0.15) is 194 Å². The smallest absolute Gasteiger partial charge is 0.306 e. The SMILES string of the molecule is CC/C=C\C/C=C\C/C=C\CCCC(=O)OCC(COC(=O)CCCCC/C=C\CCCCCCCC)OC(=O)CCCCCCC/C=C\C/C=C\CC. The first kappa shape index (κ1) is 50.9. The third-order valence-corrected chi connectivity index (χ3v) is 8.93. The Bertz CT molecular complexity index is 1050. The lowest BCUT2D eigenvalue weighted by Gasteiger charge is -2.18. The highest BCUT2D eigenvalue weighted by atomic mass is 16.6. The Kier molecular flexibility index (Phi) is 40.1. The predicted molar refractivity (Wildman–Crippen MR) is 228 cm³/mol. The second-order valence-corrected chi connectivity index (χ2v) is 14.2. The molecule has 0 N–H and O–H groups in total. The lowest BCUT2D eigenvalue weighted by Crippen LogP contribution is -2.30. The van der Waals surface area contributed by atoms with E-state index in [-0.39, 0.29) is 37.5 Å². The van der Waals surface area contributed by atoms with E-state index in [0.29, 0.717) is 19.3 Å². The molecule has 0 saturated carbocycles. The molecule has 0 aliphatic rings. The summed E-state index contributed by atoms with van der Waals surface area (Å²) < 4.78 is 16.6. The summed E-state index contributed by atoms with van der Waals surface area (Å²) in [5.41, 5.74) is 0. The minimum Gasteiger partial charge on any atom is -0.462 e. The molecule has 6 heteroatoms. The molecule has 0 heterocycles. The van der Waals surface area contributed by atoms with Gasteiger partial charge in [0.1, 0.15) is 13.2 Å². The number of hydrogen-bond acceptors (Lipinski definition) is 6. The van der Waals surface area contributed by atoms with E-state index in [1.807, 2.05) is 0 Å². The summed E-state index contributed by atoms with van der Waals surface area (Å²) in [4.78, 5) is 37.6. The monoisotopic (exact) mass is 753 g/mol. The van der Waals surface area contributed by atoms with Crippen LogP contribution < -0.4 is 0 Å². The van der Waals surface area contributed by atoms with Crippen LogP contribution in [-0.4, -0.2) is 37.2 Å². The maximum Gasteiger partial charge on any atom is 0.306 e. The summed E-state index contributed by atoms with van der Waals surface area (Å²) in [6.07, 6.45) is 51.8. The van der Waals surface area contributed by atoms with Crippen molar-refractivity contribution >= 4 is 17.9 Å². The van der Waals surface area contributed by atoms with E-state index in [1.165, 1.54) is 38.5 Å². The molecule has 0 spiro atoms. The van der Waals surface area contributed by atoms with E-state index in [9.17, 15) is 14.4 Å². The van der Waals surface area contributed by atoms with Crippen LogP contribution in [0.3, 0.4) is 0 Å². The lowest BCUT2D eigenvalue weighted by molar-refractivity contribution is -0.167. The molecule has 0 radical (unpaired) electrons. The normalized spacial score (nSPS) is 12.7. The van der Waals surface area contributed by atoms with Crippen molar-refractivity contribution in [1.29, 1.82) is 0 Å². The summed E-state index contributed by atoms with van der Waals surface area (Å²) in [6, 6.07) is 0. The van der Waals surface area contributed by atoms with Gasteiger partial charge < -0.3 is 14.2 Å². The molecule has 54 heavy (non-hydrogen) atoms. The first-order valence-electron chi connectivity index (χ1n) is 21.9. The summed E-state index contributed by atoms with van der Waals surface area (Å²) in [6.45, 7) is 6.30. The van der Waals surface area contributed by atoms with E-state index < -0.39 is 6.10 Å². The summed E-state index contributed by atoms with van der Waals surface area (Å²) in [5.74, 6) is -1.00. The summed E-state index contributed by atoms with van der Waals surface area (Å²) >= 11 is 0. The van der Waals surface area contributed by atoms with Gasteiger partial charge in [-0.05, 0) is 96.3 Å². The predicted octanol–water partition coefficient (Wildman–Crippen LogP) is 13.9. The van der Waals surface area contributed by atoms with Gasteiger partial charge in [0.05, 0.1) is 0 Å². The third-order valence-electron chi connectivity index (χ3n) is 8.93. The largest absolute Gasteiger partial charge is 0.462 e. The van der Waals surface area contributed by atoms with Crippen LogP contribution >= 0.6 is 0 Å². The number of rotatable bonds is 38. The first-order chi connectivity index (χ1) is 26.5. The van der Waals surface area contributed by atoms with Crippen molar-refractivity contribution in [2.24, 2.45) is 0 Å². The van der Waals surface area contributed by atoms with Gasteiger partial charge in [-0.2, -0.15) is 0 Å². The topological polar surface area (TPSA) is 78.9 Å². The molecule has 1 unspecified atom stereocenters. The van der Waals surface area contributed by atoms with Gasteiger partial charge in [0.15, 0.2) is 6.10 Å². The zero-order chi connectivity index (χ0) is 39.4. The van der Waals surface area contributed by atoms with Crippen LogP contribution in [0.25, 0.3) is 0 Å². The van der Waals surface area contributed by atoms with Crippen LogP contribution in [0.15, 0.2) is 72.9 Å². The fourth-order valence-electron chi connectivity index (χ4n) is 5.67. The Balaban J connectivity index is 4.49. The quantitative estimate of drug-likeness (QED) is 0.0270.